The quantitative estimate of drug-likeness (QED) is 0.724. The van der Waals surface area contributed by atoms with Crippen molar-refractivity contribution < 1.29 is 8.42 Å². The van der Waals surface area contributed by atoms with E-state index in [-0.39, 0.29) is 17.5 Å². The van der Waals surface area contributed by atoms with E-state index in [4.69, 9.17) is 0 Å². The van der Waals surface area contributed by atoms with Crippen molar-refractivity contribution in [1.29, 1.82) is 0 Å². The Kier molecular flexibility index (Phi) is 5.11. The van der Waals surface area contributed by atoms with Crippen LogP contribution >= 0.6 is 0 Å². The highest BCUT2D eigenvalue weighted by Crippen LogP contribution is 2.19. The van der Waals surface area contributed by atoms with Crippen molar-refractivity contribution in [2.75, 3.05) is 7.05 Å². The molecule has 2 aromatic rings. The van der Waals surface area contributed by atoms with Gasteiger partial charge in [0.25, 0.3) is 0 Å². The zero-order valence-corrected chi connectivity index (χ0v) is 12.9. The summed E-state index contributed by atoms with van der Waals surface area (Å²) in [4.78, 5) is 6.99. The Bertz CT molecular complexity index is 664. The van der Waals surface area contributed by atoms with Gasteiger partial charge in [-0.2, -0.15) is 0 Å². The van der Waals surface area contributed by atoms with Crippen LogP contribution in [-0.4, -0.2) is 25.4 Å². The Balaban J connectivity index is 2.17. The number of H-pyrrole nitrogens is 1. The number of aromatic amines is 1. The molecule has 0 fully saturated rings. The van der Waals surface area contributed by atoms with Gasteiger partial charge in [0, 0.05) is 17.9 Å². The van der Waals surface area contributed by atoms with E-state index >= 15 is 0 Å². The van der Waals surface area contributed by atoms with Crippen LogP contribution in [0, 0.1) is 0 Å². The molecule has 0 spiro atoms. The maximum Gasteiger partial charge on any atom is 0.240 e. The standard InChI is InChI=1S/C14H20N4O2S/c1-3-14(15-2)11-5-4-6-13(7-11)21(19,20)18-9-12-8-16-10-17-12/h4-8,10,14-15,18H,3,9H2,1-2H3,(H,16,17). The second kappa shape index (κ2) is 6.84. The average Bonchev–Trinajstić information content (AvgIpc) is 3.00. The van der Waals surface area contributed by atoms with Gasteiger partial charge >= 0.3 is 0 Å². The topological polar surface area (TPSA) is 86.9 Å². The largest absolute Gasteiger partial charge is 0.347 e. The van der Waals surface area contributed by atoms with Crippen LogP contribution in [0.1, 0.15) is 30.6 Å². The summed E-state index contributed by atoms with van der Waals surface area (Å²) in [5.41, 5.74) is 1.68. The molecule has 3 N–H and O–H groups in total. The van der Waals surface area contributed by atoms with Crippen molar-refractivity contribution in [3.05, 3.63) is 48.0 Å². The van der Waals surface area contributed by atoms with Gasteiger partial charge in [-0.15, -0.1) is 0 Å². The van der Waals surface area contributed by atoms with E-state index in [1.165, 1.54) is 6.33 Å². The van der Waals surface area contributed by atoms with Crippen LogP contribution in [0.5, 0.6) is 0 Å². The minimum atomic E-state index is -3.53. The first-order chi connectivity index (χ1) is 10.1. The molecule has 0 saturated heterocycles. The lowest BCUT2D eigenvalue weighted by Crippen LogP contribution is -2.24. The molecule has 6 nitrogen and oxygen atoms in total. The van der Waals surface area contributed by atoms with Gasteiger partial charge in [-0.25, -0.2) is 18.1 Å². The number of nitrogens with zero attached hydrogens (tertiary/aromatic N) is 1. The third kappa shape index (κ3) is 3.90. The molecule has 0 aliphatic heterocycles. The number of hydrogen-bond donors (Lipinski definition) is 3. The fraction of sp³-hybridized carbons (Fsp3) is 0.357. The van der Waals surface area contributed by atoms with E-state index in [2.05, 4.69) is 26.9 Å². The number of nitrogens with one attached hydrogen (secondary N) is 3. The van der Waals surface area contributed by atoms with Gasteiger partial charge in [0.2, 0.25) is 10.0 Å². The second-order valence-corrected chi connectivity index (χ2v) is 6.49. The number of imidazole rings is 1. The van der Waals surface area contributed by atoms with Crippen molar-refractivity contribution in [3.63, 3.8) is 0 Å². The van der Waals surface area contributed by atoms with E-state index in [1.807, 2.05) is 13.1 Å². The van der Waals surface area contributed by atoms with E-state index in [9.17, 15) is 8.42 Å². The molecule has 1 unspecified atom stereocenters. The highest BCUT2D eigenvalue weighted by molar-refractivity contribution is 7.89. The molecule has 114 valence electrons. The summed E-state index contributed by atoms with van der Waals surface area (Å²) in [5.74, 6) is 0. The van der Waals surface area contributed by atoms with Crippen LogP contribution < -0.4 is 10.0 Å². The van der Waals surface area contributed by atoms with Crippen molar-refractivity contribution >= 4 is 10.0 Å². The van der Waals surface area contributed by atoms with Gasteiger partial charge in [0.05, 0.1) is 17.8 Å². The van der Waals surface area contributed by atoms with Gasteiger partial charge in [-0.1, -0.05) is 19.1 Å². The van der Waals surface area contributed by atoms with Crippen LogP contribution in [0.25, 0.3) is 0 Å². The van der Waals surface area contributed by atoms with Crippen LogP contribution in [0.4, 0.5) is 0 Å². The Labute approximate surface area is 125 Å². The first kappa shape index (κ1) is 15.7. The average molecular weight is 308 g/mol. The van der Waals surface area contributed by atoms with E-state index < -0.39 is 10.0 Å². The lowest BCUT2D eigenvalue weighted by Gasteiger charge is -2.15. The van der Waals surface area contributed by atoms with Crippen molar-refractivity contribution in [3.8, 4) is 0 Å². The molecule has 7 heteroatoms. The normalized spacial score (nSPS) is 13.2. The molecule has 1 atom stereocenters. The minimum absolute atomic E-state index is 0.146. The molecule has 0 saturated carbocycles. The summed E-state index contributed by atoms with van der Waals surface area (Å²) in [6.45, 7) is 2.24. The predicted molar refractivity (Wildman–Crippen MR) is 81.1 cm³/mol. The number of rotatable bonds is 7. The van der Waals surface area contributed by atoms with Crippen LogP contribution in [0.15, 0.2) is 41.7 Å². The lowest BCUT2D eigenvalue weighted by molar-refractivity contribution is 0.570. The number of hydrogen-bond acceptors (Lipinski definition) is 4. The first-order valence-corrected chi connectivity index (χ1v) is 8.29. The molecular weight excluding hydrogens is 288 g/mol. The zero-order valence-electron chi connectivity index (χ0n) is 12.1. The smallest absolute Gasteiger partial charge is 0.240 e. The molecule has 21 heavy (non-hydrogen) atoms. The van der Waals surface area contributed by atoms with E-state index in [0.717, 1.165) is 17.7 Å². The van der Waals surface area contributed by atoms with Gasteiger partial charge < -0.3 is 10.3 Å². The molecule has 1 heterocycles. The molecule has 0 radical (unpaired) electrons. The highest BCUT2D eigenvalue weighted by Gasteiger charge is 2.16. The van der Waals surface area contributed by atoms with Gasteiger partial charge in [0.15, 0.2) is 0 Å². The number of sulfonamides is 1. The summed E-state index contributed by atoms with van der Waals surface area (Å²) in [7, 11) is -1.67. The van der Waals surface area contributed by atoms with Crippen LogP contribution in [-0.2, 0) is 16.6 Å². The SMILES string of the molecule is CCC(NC)c1cccc(S(=O)(=O)NCc2cnc[nH]2)c1. The maximum atomic E-state index is 12.3. The number of benzene rings is 1. The highest BCUT2D eigenvalue weighted by atomic mass is 32.2. The number of aromatic nitrogens is 2. The molecule has 1 aromatic heterocycles. The fourth-order valence-corrected chi connectivity index (χ4v) is 3.20. The van der Waals surface area contributed by atoms with Crippen LogP contribution in [0.3, 0.4) is 0 Å². The molecule has 0 aliphatic rings. The second-order valence-electron chi connectivity index (χ2n) is 4.72. The van der Waals surface area contributed by atoms with Crippen molar-refractivity contribution in [2.45, 2.75) is 30.8 Å². The van der Waals surface area contributed by atoms with Crippen molar-refractivity contribution in [2.24, 2.45) is 0 Å². The Hall–Kier alpha value is -1.70. The Morgan fingerprint density at radius 2 is 2.19 bits per heavy atom. The zero-order chi connectivity index (χ0) is 15.3. The predicted octanol–water partition coefficient (Wildman–Crippen LogP) is 1.56. The molecule has 1 aromatic carbocycles. The monoisotopic (exact) mass is 308 g/mol. The minimum Gasteiger partial charge on any atom is -0.347 e. The van der Waals surface area contributed by atoms with Crippen LogP contribution in [0.2, 0.25) is 0 Å². The molecule has 0 aliphatic carbocycles. The summed E-state index contributed by atoms with van der Waals surface area (Å²) < 4.78 is 27.2. The fourth-order valence-electron chi connectivity index (χ4n) is 2.14. The first-order valence-electron chi connectivity index (χ1n) is 6.81. The van der Waals surface area contributed by atoms with Gasteiger partial charge in [-0.3, -0.25) is 0 Å². The summed E-state index contributed by atoms with van der Waals surface area (Å²) in [6.07, 6.45) is 4.00. The lowest BCUT2D eigenvalue weighted by atomic mass is 10.1. The summed E-state index contributed by atoms with van der Waals surface area (Å²) in [5, 5.41) is 3.17. The maximum absolute atomic E-state index is 12.3. The molecule has 2 rings (SSSR count). The molecule has 0 amide bonds. The Morgan fingerprint density at radius 1 is 1.38 bits per heavy atom. The van der Waals surface area contributed by atoms with Gasteiger partial charge in [0.1, 0.15) is 0 Å². The van der Waals surface area contributed by atoms with E-state index in [0.29, 0.717) is 0 Å². The molecule has 0 bridgehead atoms. The third-order valence-corrected chi connectivity index (χ3v) is 4.73. The molecular formula is C14H20N4O2S. The Morgan fingerprint density at radius 3 is 2.81 bits per heavy atom. The summed E-state index contributed by atoms with van der Waals surface area (Å²) >= 11 is 0. The third-order valence-electron chi connectivity index (χ3n) is 3.33. The summed E-state index contributed by atoms with van der Waals surface area (Å²) in [6, 6.07) is 7.15. The van der Waals surface area contributed by atoms with Crippen molar-refractivity contribution in [1.82, 2.24) is 20.0 Å². The van der Waals surface area contributed by atoms with Gasteiger partial charge in [-0.05, 0) is 31.2 Å². The van der Waals surface area contributed by atoms with E-state index in [1.54, 1.807) is 24.4 Å².